The molecule has 1 aromatic carbocycles. The fourth-order valence-electron chi connectivity index (χ4n) is 14.0. The summed E-state index contributed by atoms with van der Waals surface area (Å²) in [5.41, 5.74) is -1.77. The Morgan fingerprint density at radius 1 is 0.809 bits per heavy atom. The van der Waals surface area contributed by atoms with Gasteiger partial charge in [0.15, 0.2) is 35.7 Å². The zero-order valence-electron chi connectivity index (χ0n) is 51.3. The Morgan fingerprint density at radius 2 is 1.55 bits per heavy atom. The summed E-state index contributed by atoms with van der Waals surface area (Å²) in [6.07, 6.45) is 1.76. The number of esters is 4. The normalized spacial score (nSPS) is 31.5. The van der Waals surface area contributed by atoms with Gasteiger partial charge in [0.1, 0.15) is 57.7 Å². The van der Waals surface area contributed by atoms with Crippen molar-refractivity contribution in [3.05, 3.63) is 53.1 Å². The van der Waals surface area contributed by atoms with Crippen LogP contribution in [-0.2, 0) is 92.3 Å². The molecule has 5 fully saturated rings. The molecule has 1 aromatic rings. The van der Waals surface area contributed by atoms with Crippen molar-refractivity contribution in [3.63, 3.8) is 0 Å². The van der Waals surface area contributed by atoms with Gasteiger partial charge in [-0.25, -0.2) is 4.79 Å². The number of fused-ring (bicyclic) bond motifs is 7. The van der Waals surface area contributed by atoms with Crippen LogP contribution >= 0.6 is 0 Å². The monoisotopic (exact) mass is 1250 g/mol. The number of carbonyl (C=O) groups is 10. The van der Waals surface area contributed by atoms with Crippen molar-refractivity contribution in [1.29, 1.82) is 0 Å². The van der Waals surface area contributed by atoms with Crippen LogP contribution in [0.3, 0.4) is 0 Å². The Hall–Kier alpha value is -7.28. The van der Waals surface area contributed by atoms with Gasteiger partial charge >= 0.3 is 30.0 Å². The van der Waals surface area contributed by atoms with Gasteiger partial charge in [0, 0.05) is 64.0 Å². The lowest BCUT2D eigenvalue weighted by Gasteiger charge is -2.59. The lowest BCUT2D eigenvalue weighted by molar-refractivity contribution is -0.288. The number of alkyl carbamates (subject to hydrolysis) is 1. The molecule has 26 heteroatoms. The summed E-state index contributed by atoms with van der Waals surface area (Å²) in [6, 6.07) is 4.00. The number of allylic oxidation sites excluding steroid dienone is 4. The van der Waals surface area contributed by atoms with Crippen molar-refractivity contribution in [2.75, 3.05) is 46.2 Å². The Labute approximate surface area is 516 Å². The second kappa shape index (κ2) is 30.0. The Balaban J connectivity index is 0.891. The van der Waals surface area contributed by atoms with Crippen molar-refractivity contribution < 1.29 is 105 Å². The third kappa shape index (κ3) is 16.0. The molecule has 0 spiro atoms. The van der Waals surface area contributed by atoms with Crippen LogP contribution in [0.5, 0.6) is 5.75 Å². The smallest absolute Gasteiger partial charge is 0.407 e. The fraction of sp³-hybridized carbons (Fsp3) is 0.651. The SMILES string of the molecule is CCCC1O[C@@H]2C[C@H]3[C@@H]4CCC5=CC(=O)C=C[C@]5(C)[C@H]4[C@@H](O)C[C@]3(C)[C@]2(C(=O)COCNC(=O)CNC(=O)OCc2ccc(O[C@@H]3O[C@H](COC(C)=O)[C@@H](OC(C)=O)[C@H](OC(C)=O)[C@H]3OC(C)=O)c(C(=O)NCCNC(=O)COC3C#CCCCCC3)c2)O1. The zero-order valence-corrected chi connectivity index (χ0v) is 51.3. The van der Waals surface area contributed by atoms with Crippen LogP contribution in [-0.4, -0.2) is 171 Å². The number of hydrogen-bond donors (Lipinski definition) is 5. The predicted octanol–water partition coefficient (Wildman–Crippen LogP) is 3.40. The summed E-state index contributed by atoms with van der Waals surface area (Å²) in [5.74, 6) is -0.0999. The highest BCUT2D eigenvalue weighted by atomic mass is 16.8. The first-order valence-electron chi connectivity index (χ1n) is 30.4. The highest BCUT2D eigenvalue weighted by Crippen LogP contribution is 2.70. The topological polar surface area (TPSA) is 341 Å². The van der Waals surface area contributed by atoms with Gasteiger partial charge in [-0.15, -0.1) is 5.92 Å². The molecule has 2 aliphatic heterocycles. The quantitative estimate of drug-likeness (QED) is 0.0308. The molecule has 3 saturated carbocycles. The van der Waals surface area contributed by atoms with Crippen LogP contribution in [0.1, 0.15) is 135 Å². The van der Waals surface area contributed by atoms with Crippen molar-refractivity contribution in [3.8, 4) is 17.6 Å². The molecule has 2 saturated heterocycles. The molecule has 0 aromatic heterocycles. The van der Waals surface area contributed by atoms with Gasteiger partial charge in [-0.2, -0.15) is 0 Å². The molecule has 26 nitrogen and oxygen atoms in total. The van der Waals surface area contributed by atoms with E-state index in [1.807, 2.05) is 19.9 Å². The molecule has 8 rings (SSSR count). The molecule has 4 amide bonds. The number of rotatable bonds is 25. The number of ketones is 2. The molecule has 89 heavy (non-hydrogen) atoms. The molecular weight excluding hydrogens is 1160 g/mol. The highest BCUT2D eigenvalue weighted by Gasteiger charge is 2.76. The van der Waals surface area contributed by atoms with E-state index >= 15 is 0 Å². The third-order valence-corrected chi connectivity index (χ3v) is 17.8. The third-order valence-electron chi connectivity index (χ3n) is 17.8. The lowest BCUT2D eigenvalue weighted by Crippen LogP contribution is -2.63. The summed E-state index contributed by atoms with van der Waals surface area (Å²) in [6.45, 7) is 7.46. The van der Waals surface area contributed by atoms with E-state index < -0.39 is 146 Å². The van der Waals surface area contributed by atoms with E-state index in [0.29, 0.717) is 25.7 Å². The number of benzene rings is 1. The van der Waals surface area contributed by atoms with E-state index in [2.05, 4.69) is 40.0 Å². The number of nitrogens with one attached hydrogen (secondary N) is 4. The second-order valence-corrected chi connectivity index (χ2v) is 23.9. The largest absolute Gasteiger partial charge is 0.463 e. The van der Waals surface area contributed by atoms with Crippen molar-refractivity contribution >= 4 is 59.3 Å². The molecule has 5 N–H and O–H groups in total. The van der Waals surface area contributed by atoms with E-state index in [4.69, 9.17) is 52.1 Å². The first-order valence-corrected chi connectivity index (χ1v) is 30.4. The van der Waals surface area contributed by atoms with Crippen LogP contribution in [0.4, 0.5) is 4.79 Å². The average molecular weight is 1250 g/mol. The predicted molar refractivity (Wildman–Crippen MR) is 308 cm³/mol. The molecular formula is C63H82N4O22. The maximum absolute atomic E-state index is 14.6. The van der Waals surface area contributed by atoms with Gasteiger partial charge < -0.3 is 78.5 Å². The number of ether oxygens (including phenoxy) is 11. The summed E-state index contributed by atoms with van der Waals surface area (Å²) in [4.78, 5) is 129. The Kier molecular flexibility index (Phi) is 22.8. The summed E-state index contributed by atoms with van der Waals surface area (Å²) < 4.78 is 64.2. The van der Waals surface area contributed by atoms with E-state index in [1.54, 1.807) is 12.2 Å². The Morgan fingerprint density at radius 3 is 2.29 bits per heavy atom. The fourth-order valence-corrected chi connectivity index (χ4v) is 14.0. The minimum absolute atomic E-state index is 0.0140. The first kappa shape index (κ1) is 67.6. The van der Waals surface area contributed by atoms with Crippen LogP contribution < -0.4 is 26.0 Å². The molecule has 2 unspecified atom stereocenters. The molecule has 486 valence electrons. The Bertz CT molecular complexity index is 2970. The van der Waals surface area contributed by atoms with Crippen LogP contribution in [0, 0.1) is 40.4 Å². The molecule has 0 bridgehead atoms. The maximum atomic E-state index is 14.6. The second-order valence-electron chi connectivity index (χ2n) is 23.9. The van der Waals surface area contributed by atoms with E-state index in [0.717, 1.165) is 71.8 Å². The number of Topliss-reactive ketones (excluding diaryl/α,β-unsaturated/α-hetero) is 1. The van der Waals surface area contributed by atoms with Crippen molar-refractivity contribution in [2.45, 2.75) is 187 Å². The number of aliphatic hydroxyl groups excluding tert-OH is 1. The van der Waals surface area contributed by atoms with Crippen LogP contribution in [0.15, 0.2) is 42.0 Å². The van der Waals surface area contributed by atoms with Gasteiger partial charge in [-0.05, 0) is 93.1 Å². The van der Waals surface area contributed by atoms with E-state index in [1.165, 1.54) is 18.2 Å². The van der Waals surface area contributed by atoms with Gasteiger partial charge in [0.25, 0.3) is 5.91 Å². The minimum atomic E-state index is -1.74. The molecule has 2 heterocycles. The standard InChI is InChI=1S/C63H82N4O22/c1-8-14-53-88-50-27-45-43-19-18-40-26-41(72)21-22-61(40,6)54(43)46(73)28-62(45,7)63(50,89-53)49(74)32-79-34-67-51(75)29-66-60(78)82-30-39-17-20-47(44(25-39)58(77)65-24-23-64-52(76)33-81-42-15-12-10-9-11-13-16-42)86-59-57(85-38(5)71)56(84-37(4)70)55(83-36(3)69)48(87-59)31-80-35(2)68/h17,20-22,25-26,42-43,45-46,48,50,53-57,59,73H,8-12,14-15,18-19,23-24,27-34H2,1-7H3,(H,64,76)(H,65,77)(H,66,78)(H,67,75)/t42?,43-,45-,46-,48+,50+,53?,54+,55+,56-,57+,59+,61-,62-,63+/m0/s1. The van der Waals surface area contributed by atoms with Gasteiger partial charge in [0.05, 0.1) is 17.8 Å². The van der Waals surface area contributed by atoms with Gasteiger partial charge in [-0.1, -0.05) is 57.2 Å². The summed E-state index contributed by atoms with van der Waals surface area (Å²) in [5, 5.41) is 22.3. The molecule has 7 aliphatic rings. The molecule has 15 atom stereocenters. The number of aliphatic hydroxyl groups is 1. The molecule has 0 radical (unpaired) electrons. The van der Waals surface area contributed by atoms with E-state index in [9.17, 15) is 53.1 Å². The average Bonchev–Trinajstić information content (AvgIpc) is 1.55. The lowest BCUT2D eigenvalue weighted by atomic mass is 9.46. The number of amides is 4. The van der Waals surface area contributed by atoms with Gasteiger partial charge in [0.2, 0.25) is 24.2 Å². The van der Waals surface area contributed by atoms with Gasteiger partial charge in [-0.3, -0.25) is 43.2 Å². The van der Waals surface area contributed by atoms with Crippen molar-refractivity contribution in [2.24, 2.45) is 28.6 Å². The van der Waals surface area contributed by atoms with Crippen LogP contribution in [0.25, 0.3) is 0 Å². The zero-order chi connectivity index (χ0) is 64.2. The highest BCUT2D eigenvalue weighted by molar-refractivity contribution is 6.01. The van der Waals surface area contributed by atoms with Crippen molar-refractivity contribution in [1.82, 2.24) is 21.3 Å². The van der Waals surface area contributed by atoms with Crippen LogP contribution in [0.2, 0.25) is 0 Å². The first-order chi connectivity index (χ1) is 42.5. The number of hydrogen-bond acceptors (Lipinski definition) is 22. The minimum Gasteiger partial charge on any atom is -0.463 e. The summed E-state index contributed by atoms with van der Waals surface area (Å²) in [7, 11) is 0. The maximum Gasteiger partial charge on any atom is 0.407 e. The molecule has 5 aliphatic carbocycles. The summed E-state index contributed by atoms with van der Waals surface area (Å²) >= 11 is 0. The number of carbonyl (C=O) groups excluding carboxylic acids is 10. The van der Waals surface area contributed by atoms with E-state index in [-0.39, 0.29) is 78.4 Å².